The average molecular weight is 368 g/mol. The lowest BCUT2D eigenvalue weighted by molar-refractivity contribution is -0.146. The number of rotatable bonds is 6. The largest absolute Gasteiger partial charge is 0.508 e. The SMILES string of the molecule is CN(C)c1ccc(NC(=O)COC(=O)Cc2coc3cc(O)ccc23)cc1. The van der Waals surface area contributed by atoms with E-state index in [0.717, 1.165) is 11.1 Å². The number of phenols is 1. The fraction of sp³-hybridized carbons (Fsp3) is 0.200. The van der Waals surface area contributed by atoms with Crippen molar-refractivity contribution >= 4 is 34.2 Å². The topological polar surface area (TPSA) is 92.0 Å². The van der Waals surface area contributed by atoms with E-state index in [0.29, 0.717) is 16.8 Å². The molecule has 0 radical (unpaired) electrons. The molecule has 2 aromatic carbocycles. The van der Waals surface area contributed by atoms with Gasteiger partial charge in [0.2, 0.25) is 0 Å². The zero-order valence-corrected chi connectivity index (χ0v) is 15.1. The highest BCUT2D eigenvalue weighted by atomic mass is 16.5. The molecule has 0 atom stereocenters. The van der Waals surface area contributed by atoms with Crippen LogP contribution in [0, 0.1) is 0 Å². The van der Waals surface area contributed by atoms with E-state index in [1.54, 1.807) is 18.2 Å². The van der Waals surface area contributed by atoms with Crippen LogP contribution >= 0.6 is 0 Å². The summed E-state index contributed by atoms with van der Waals surface area (Å²) < 4.78 is 10.3. The number of ether oxygens (including phenoxy) is 1. The summed E-state index contributed by atoms with van der Waals surface area (Å²) in [6, 6.07) is 12.0. The third-order valence-corrected chi connectivity index (χ3v) is 4.01. The van der Waals surface area contributed by atoms with E-state index < -0.39 is 11.9 Å². The Morgan fingerprint density at radius 1 is 1.15 bits per heavy atom. The Morgan fingerprint density at radius 2 is 1.89 bits per heavy atom. The minimum absolute atomic E-state index is 0.0252. The van der Waals surface area contributed by atoms with Gasteiger partial charge in [0.15, 0.2) is 6.61 Å². The van der Waals surface area contributed by atoms with Crippen LogP contribution in [-0.2, 0) is 20.7 Å². The molecule has 0 aliphatic carbocycles. The fourth-order valence-corrected chi connectivity index (χ4v) is 2.60. The normalized spacial score (nSPS) is 10.6. The fourth-order valence-electron chi connectivity index (χ4n) is 2.60. The van der Waals surface area contributed by atoms with E-state index in [1.165, 1.54) is 18.4 Å². The van der Waals surface area contributed by atoms with Gasteiger partial charge in [-0.05, 0) is 36.4 Å². The van der Waals surface area contributed by atoms with Gasteiger partial charge in [0, 0.05) is 42.5 Å². The zero-order chi connectivity index (χ0) is 19.4. The first kappa shape index (κ1) is 18.3. The van der Waals surface area contributed by atoms with E-state index in [4.69, 9.17) is 9.15 Å². The summed E-state index contributed by atoms with van der Waals surface area (Å²) in [5, 5.41) is 12.8. The van der Waals surface area contributed by atoms with Crippen LogP contribution < -0.4 is 10.2 Å². The lowest BCUT2D eigenvalue weighted by Crippen LogP contribution is -2.21. The molecule has 3 rings (SSSR count). The van der Waals surface area contributed by atoms with E-state index in [-0.39, 0.29) is 18.8 Å². The van der Waals surface area contributed by atoms with Crippen molar-refractivity contribution in [3.8, 4) is 5.75 Å². The van der Waals surface area contributed by atoms with E-state index in [2.05, 4.69) is 5.32 Å². The molecule has 0 bridgehead atoms. The predicted octanol–water partition coefficient (Wildman–Crippen LogP) is 2.93. The number of esters is 1. The van der Waals surface area contributed by atoms with Crippen molar-refractivity contribution in [2.75, 3.05) is 30.9 Å². The van der Waals surface area contributed by atoms with Crippen molar-refractivity contribution in [3.63, 3.8) is 0 Å². The van der Waals surface area contributed by atoms with Crippen molar-refractivity contribution in [1.29, 1.82) is 0 Å². The van der Waals surface area contributed by atoms with Crippen molar-refractivity contribution in [2.24, 2.45) is 0 Å². The van der Waals surface area contributed by atoms with Gasteiger partial charge in [0.1, 0.15) is 11.3 Å². The number of nitrogens with zero attached hydrogens (tertiary/aromatic N) is 1. The number of amides is 1. The molecule has 0 spiro atoms. The molecule has 7 heteroatoms. The molecule has 7 nitrogen and oxygen atoms in total. The molecular weight excluding hydrogens is 348 g/mol. The third-order valence-electron chi connectivity index (χ3n) is 4.01. The van der Waals surface area contributed by atoms with Gasteiger partial charge in [0.25, 0.3) is 5.91 Å². The molecule has 3 aromatic rings. The number of furan rings is 1. The minimum atomic E-state index is -0.538. The van der Waals surface area contributed by atoms with E-state index in [1.807, 2.05) is 31.1 Å². The molecular formula is C20H20N2O5. The van der Waals surface area contributed by atoms with Crippen LogP contribution in [0.2, 0.25) is 0 Å². The van der Waals surface area contributed by atoms with Crippen molar-refractivity contribution < 1.29 is 23.8 Å². The van der Waals surface area contributed by atoms with Gasteiger partial charge in [-0.1, -0.05) is 0 Å². The van der Waals surface area contributed by atoms with Crippen LogP contribution in [-0.4, -0.2) is 37.7 Å². The lowest BCUT2D eigenvalue weighted by Gasteiger charge is -2.13. The molecule has 1 amide bonds. The average Bonchev–Trinajstić information content (AvgIpc) is 3.02. The maximum absolute atomic E-state index is 12.0. The van der Waals surface area contributed by atoms with Gasteiger partial charge < -0.3 is 24.5 Å². The Balaban J connectivity index is 1.51. The number of nitrogens with one attached hydrogen (secondary N) is 1. The van der Waals surface area contributed by atoms with Crippen LogP contribution in [0.1, 0.15) is 5.56 Å². The third kappa shape index (κ3) is 4.58. The second-order valence-corrected chi connectivity index (χ2v) is 6.27. The first-order chi connectivity index (χ1) is 12.9. The van der Waals surface area contributed by atoms with Gasteiger partial charge in [-0.2, -0.15) is 0 Å². The number of hydrogen-bond donors (Lipinski definition) is 2. The van der Waals surface area contributed by atoms with Crippen molar-refractivity contribution in [3.05, 3.63) is 54.3 Å². The molecule has 0 saturated heterocycles. The molecule has 2 N–H and O–H groups in total. The highest BCUT2D eigenvalue weighted by molar-refractivity contribution is 5.93. The maximum Gasteiger partial charge on any atom is 0.310 e. The minimum Gasteiger partial charge on any atom is -0.508 e. The number of carbonyl (C=O) groups is 2. The molecule has 1 heterocycles. The first-order valence-electron chi connectivity index (χ1n) is 8.34. The quantitative estimate of drug-likeness (QED) is 0.650. The van der Waals surface area contributed by atoms with Crippen LogP contribution in [0.15, 0.2) is 53.1 Å². The molecule has 27 heavy (non-hydrogen) atoms. The van der Waals surface area contributed by atoms with Gasteiger partial charge in [0.05, 0.1) is 12.7 Å². The van der Waals surface area contributed by atoms with E-state index in [9.17, 15) is 14.7 Å². The number of benzene rings is 2. The van der Waals surface area contributed by atoms with Crippen LogP contribution in [0.4, 0.5) is 11.4 Å². The van der Waals surface area contributed by atoms with Crippen molar-refractivity contribution in [1.82, 2.24) is 0 Å². The van der Waals surface area contributed by atoms with Crippen molar-refractivity contribution in [2.45, 2.75) is 6.42 Å². The molecule has 0 saturated carbocycles. The maximum atomic E-state index is 12.0. The second kappa shape index (κ2) is 7.82. The van der Waals surface area contributed by atoms with Gasteiger partial charge in [-0.25, -0.2) is 0 Å². The molecule has 0 unspecified atom stereocenters. The number of aromatic hydroxyl groups is 1. The second-order valence-electron chi connectivity index (χ2n) is 6.27. The van der Waals surface area contributed by atoms with Crippen LogP contribution in [0.5, 0.6) is 5.75 Å². The number of carbonyl (C=O) groups excluding carboxylic acids is 2. The van der Waals surface area contributed by atoms with Crippen LogP contribution in [0.25, 0.3) is 11.0 Å². The molecule has 0 aliphatic rings. The predicted molar refractivity (Wildman–Crippen MR) is 102 cm³/mol. The smallest absolute Gasteiger partial charge is 0.310 e. The summed E-state index contributed by atoms with van der Waals surface area (Å²) in [5.74, 6) is -0.868. The van der Waals surface area contributed by atoms with Gasteiger partial charge in [-0.3, -0.25) is 9.59 Å². The molecule has 1 aromatic heterocycles. The number of hydrogen-bond acceptors (Lipinski definition) is 6. The standard InChI is InChI=1S/C20H20N2O5/c1-22(2)15-5-3-14(4-6-15)21-19(24)12-27-20(25)9-13-11-26-18-10-16(23)7-8-17(13)18/h3-8,10-11,23H,9,12H2,1-2H3,(H,21,24). The Bertz CT molecular complexity index is 960. The highest BCUT2D eigenvalue weighted by Gasteiger charge is 2.13. The number of anilines is 2. The summed E-state index contributed by atoms with van der Waals surface area (Å²) in [6.07, 6.45) is 1.42. The molecule has 0 aliphatic heterocycles. The number of fused-ring (bicyclic) bond motifs is 1. The highest BCUT2D eigenvalue weighted by Crippen LogP contribution is 2.25. The lowest BCUT2D eigenvalue weighted by atomic mass is 10.1. The number of phenolic OH excluding ortho intramolecular Hbond substituents is 1. The summed E-state index contributed by atoms with van der Waals surface area (Å²) in [6.45, 7) is -0.370. The Kier molecular flexibility index (Phi) is 5.30. The summed E-state index contributed by atoms with van der Waals surface area (Å²) >= 11 is 0. The molecule has 140 valence electrons. The summed E-state index contributed by atoms with van der Waals surface area (Å²) in [4.78, 5) is 25.9. The Hall–Kier alpha value is -3.48. The summed E-state index contributed by atoms with van der Waals surface area (Å²) in [5.41, 5.74) is 2.76. The Morgan fingerprint density at radius 3 is 2.59 bits per heavy atom. The van der Waals surface area contributed by atoms with Gasteiger partial charge >= 0.3 is 5.97 Å². The Labute approximate surface area is 156 Å². The van der Waals surface area contributed by atoms with Crippen LogP contribution in [0.3, 0.4) is 0 Å². The first-order valence-corrected chi connectivity index (χ1v) is 8.34. The summed E-state index contributed by atoms with van der Waals surface area (Å²) in [7, 11) is 3.86. The van der Waals surface area contributed by atoms with Gasteiger partial charge in [-0.15, -0.1) is 0 Å². The monoisotopic (exact) mass is 368 g/mol. The van der Waals surface area contributed by atoms with E-state index >= 15 is 0 Å². The molecule has 0 fully saturated rings. The zero-order valence-electron chi connectivity index (χ0n) is 15.1.